The fourth-order valence-electron chi connectivity index (χ4n) is 3.63. The Morgan fingerprint density at radius 2 is 2.14 bits per heavy atom. The number of nitrogens with two attached hydrogens (primary N) is 1. The molecule has 2 aromatic heterocycles. The van der Waals surface area contributed by atoms with Gasteiger partial charge in [0.15, 0.2) is 5.82 Å². The standard InChI is InChI=1S/C21H22N6O2/c1-4-27(19-17-8-7-16(18(22)28)26(17)10-9-23-19)24-12-13-5-6-14-15(11-13)21(2,3)25-20(14)29/h5-12H,4H2,1-3H3,(H2,22,28)(H,25,29)/b24-12+. The minimum absolute atomic E-state index is 0.0574. The van der Waals surface area contributed by atoms with Gasteiger partial charge in [-0.1, -0.05) is 6.07 Å². The highest BCUT2D eigenvalue weighted by Gasteiger charge is 2.34. The summed E-state index contributed by atoms with van der Waals surface area (Å²) in [7, 11) is 0. The smallest absolute Gasteiger partial charge is 0.265 e. The van der Waals surface area contributed by atoms with E-state index in [2.05, 4.69) is 15.4 Å². The molecule has 2 amide bonds. The first-order chi connectivity index (χ1) is 13.8. The molecule has 3 N–H and O–H groups in total. The molecule has 8 heteroatoms. The van der Waals surface area contributed by atoms with E-state index in [1.165, 1.54) is 0 Å². The van der Waals surface area contributed by atoms with Gasteiger partial charge in [-0.05, 0) is 56.2 Å². The quantitative estimate of drug-likeness (QED) is 0.515. The molecule has 0 saturated carbocycles. The maximum atomic E-state index is 12.1. The van der Waals surface area contributed by atoms with Crippen LogP contribution in [0.5, 0.6) is 0 Å². The number of amides is 2. The molecule has 0 saturated heterocycles. The van der Waals surface area contributed by atoms with E-state index < -0.39 is 11.4 Å². The number of benzene rings is 1. The van der Waals surface area contributed by atoms with Crippen molar-refractivity contribution >= 4 is 29.4 Å². The van der Waals surface area contributed by atoms with E-state index in [-0.39, 0.29) is 5.91 Å². The molecule has 0 bridgehead atoms. The van der Waals surface area contributed by atoms with Crippen molar-refractivity contribution in [1.82, 2.24) is 14.7 Å². The van der Waals surface area contributed by atoms with Crippen LogP contribution in [0.15, 0.2) is 47.8 Å². The Morgan fingerprint density at radius 3 is 2.86 bits per heavy atom. The number of primary amides is 1. The van der Waals surface area contributed by atoms with Crippen LogP contribution in [-0.2, 0) is 5.54 Å². The summed E-state index contributed by atoms with van der Waals surface area (Å²) >= 11 is 0. The third-order valence-corrected chi connectivity index (χ3v) is 5.09. The highest BCUT2D eigenvalue weighted by Crippen LogP contribution is 2.31. The van der Waals surface area contributed by atoms with E-state index in [9.17, 15) is 9.59 Å². The van der Waals surface area contributed by atoms with Gasteiger partial charge in [-0.2, -0.15) is 5.10 Å². The van der Waals surface area contributed by atoms with Gasteiger partial charge < -0.3 is 15.5 Å². The van der Waals surface area contributed by atoms with E-state index in [0.717, 1.165) is 16.6 Å². The van der Waals surface area contributed by atoms with Crippen LogP contribution in [0.1, 0.15) is 52.7 Å². The molecule has 148 valence electrons. The first-order valence-corrected chi connectivity index (χ1v) is 9.36. The molecule has 0 atom stereocenters. The summed E-state index contributed by atoms with van der Waals surface area (Å²) in [6, 6.07) is 9.14. The second kappa shape index (κ2) is 6.73. The lowest BCUT2D eigenvalue weighted by Gasteiger charge is -2.19. The highest BCUT2D eigenvalue weighted by atomic mass is 16.2. The molecule has 0 spiro atoms. The van der Waals surface area contributed by atoms with E-state index in [0.29, 0.717) is 23.6 Å². The number of anilines is 1. The van der Waals surface area contributed by atoms with Gasteiger partial charge in [0.2, 0.25) is 0 Å². The molecule has 1 aliphatic heterocycles. The molecule has 0 unspecified atom stereocenters. The number of hydrogen-bond acceptors (Lipinski definition) is 5. The number of hydrogen-bond donors (Lipinski definition) is 2. The molecule has 0 radical (unpaired) electrons. The number of carbonyl (C=O) groups is 2. The average Bonchev–Trinajstić information content (AvgIpc) is 3.21. The molecule has 29 heavy (non-hydrogen) atoms. The van der Waals surface area contributed by atoms with Crippen LogP contribution in [0.25, 0.3) is 5.52 Å². The molecule has 0 fully saturated rings. The van der Waals surface area contributed by atoms with Gasteiger partial charge in [-0.25, -0.2) is 9.99 Å². The van der Waals surface area contributed by atoms with Crippen molar-refractivity contribution in [3.05, 3.63) is 65.1 Å². The van der Waals surface area contributed by atoms with E-state index >= 15 is 0 Å². The number of rotatable bonds is 5. The lowest BCUT2D eigenvalue weighted by atomic mass is 9.93. The second-order valence-corrected chi connectivity index (χ2v) is 7.43. The molecule has 3 aromatic rings. The van der Waals surface area contributed by atoms with Crippen molar-refractivity contribution < 1.29 is 9.59 Å². The zero-order chi connectivity index (χ0) is 20.8. The number of hydrazone groups is 1. The molecule has 8 nitrogen and oxygen atoms in total. The molecule has 0 aliphatic carbocycles. The third-order valence-electron chi connectivity index (χ3n) is 5.09. The van der Waals surface area contributed by atoms with Crippen LogP contribution in [0.4, 0.5) is 5.82 Å². The summed E-state index contributed by atoms with van der Waals surface area (Å²) in [6.07, 6.45) is 5.05. The lowest BCUT2D eigenvalue weighted by Crippen LogP contribution is -2.32. The first-order valence-electron chi connectivity index (χ1n) is 9.36. The van der Waals surface area contributed by atoms with Crippen LogP contribution in [-0.4, -0.2) is 34.0 Å². The van der Waals surface area contributed by atoms with E-state index in [1.54, 1.807) is 40.2 Å². The van der Waals surface area contributed by atoms with Crippen molar-refractivity contribution in [3.8, 4) is 0 Å². The monoisotopic (exact) mass is 390 g/mol. The Morgan fingerprint density at radius 1 is 1.34 bits per heavy atom. The van der Waals surface area contributed by atoms with Gasteiger partial charge in [0.25, 0.3) is 11.8 Å². The van der Waals surface area contributed by atoms with Crippen LogP contribution in [0, 0.1) is 0 Å². The summed E-state index contributed by atoms with van der Waals surface area (Å²) in [5.74, 6) is 0.0627. The minimum Gasteiger partial charge on any atom is -0.364 e. The van der Waals surface area contributed by atoms with E-state index in [4.69, 9.17) is 5.73 Å². The fourth-order valence-corrected chi connectivity index (χ4v) is 3.63. The van der Waals surface area contributed by atoms with Crippen LogP contribution in [0.2, 0.25) is 0 Å². The number of aromatic nitrogens is 2. The second-order valence-electron chi connectivity index (χ2n) is 7.43. The van der Waals surface area contributed by atoms with Gasteiger partial charge >= 0.3 is 0 Å². The maximum absolute atomic E-state index is 12.1. The minimum atomic E-state index is -0.502. The molecule has 4 rings (SSSR count). The van der Waals surface area contributed by atoms with Gasteiger partial charge in [-0.15, -0.1) is 0 Å². The summed E-state index contributed by atoms with van der Waals surface area (Å²) < 4.78 is 1.71. The Bertz CT molecular complexity index is 1160. The Labute approximate surface area is 168 Å². The molecule has 3 heterocycles. The van der Waals surface area contributed by atoms with Gasteiger partial charge in [0, 0.05) is 24.5 Å². The third kappa shape index (κ3) is 3.12. The SMILES string of the molecule is CCN(/N=C/c1ccc2c(c1)C(C)(C)NC2=O)c1nccn2c(C(N)=O)ccc12. The molecule has 1 aromatic carbocycles. The Balaban J connectivity index is 1.69. The number of fused-ring (bicyclic) bond motifs is 2. The average molecular weight is 390 g/mol. The number of nitrogens with one attached hydrogen (secondary N) is 1. The van der Waals surface area contributed by atoms with Crippen molar-refractivity contribution in [2.75, 3.05) is 11.6 Å². The molecular weight excluding hydrogens is 368 g/mol. The summed E-state index contributed by atoms with van der Waals surface area (Å²) in [5, 5.41) is 9.32. The summed E-state index contributed by atoms with van der Waals surface area (Å²) in [6.45, 7) is 6.50. The molecular formula is C21H22N6O2. The Kier molecular flexibility index (Phi) is 4.34. The molecule has 1 aliphatic rings. The predicted molar refractivity (Wildman–Crippen MR) is 111 cm³/mol. The maximum Gasteiger partial charge on any atom is 0.265 e. The van der Waals surface area contributed by atoms with Crippen molar-refractivity contribution in [1.29, 1.82) is 0 Å². The van der Waals surface area contributed by atoms with Gasteiger partial charge in [-0.3, -0.25) is 9.59 Å². The van der Waals surface area contributed by atoms with Crippen molar-refractivity contribution in [2.45, 2.75) is 26.3 Å². The number of carbonyl (C=O) groups excluding carboxylic acids is 2. The largest absolute Gasteiger partial charge is 0.364 e. The van der Waals surface area contributed by atoms with Crippen LogP contribution < -0.4 is 16.1 Å². The van der Waals surface area contributed by atoms with Gasteiger partial charge in [0.05, 0.1) is 17.3 Å². The lowest BCUT2D eigenvalue weighted by molar-refractivity contribution is 0.0939. The number of nitrogens with zero attached hydrogens (tertiary/aromatic N) is 4. The first kappa shape index (κ1) is 18.7. The Hall–Kier alpha value is -3.68. The zero-order valence-electron chi connectivity index (χ0n) is 16.5. The zero-order valence-corrected chi connectivity index (χ0v) is 16.5. The fraction of sp³-hybridized carbons (Fsp3) is 0.238. The van der Waals surface area contributed by atoms with Crippen LogP contribution >= 0.6 is 0 Å². The highest BCUT2D eigenvalue weighted by molar-refractivity contribution is 6.00. The van der Waals surface area contributed by atoms with Gasteiger partial charge in [0.1, 0.15) is 5.69 Å². The summed E-state index contributed by atoms with van der Waals surface area (Å²) in [4.78, 5) is 28.1. The normalized spacial score (nSPS) is 14.9. The van der Waals surface area contributed by atoms with Crippen molar-refractivity contribution in [2.24, 2.45) is 10.8 Å². The van der Waals surface area contributed by atoms with Crippen LogP contribution in [0.3, 0.4) is 0 Å². The summed E-state index contributed by atoms with van der Waals surface area (Å²) in [5.41, 5.74) is 8.69. The predicted octanol–water partition coefficient (Wildman–Crippen LogP) is 2.27. The van der Waals surface area contributed by atoms with E-state index in [1.807, 2.05) is 39.0 Å². The van der Waals surface area contributed by atoms with Crippen molar-refractivity contribution in [3.63, 3.8) is 0 Å². The topological polar surface area (TPSA) is 105 Å².